The first kappa shape index (κ1) is 24.4. The molecular weight excluding hydrogens is 456 g/mol. The number of ether oxygens (including phenoxy) is 1. The van der Waals surface area contributed by atoms with Crippen molar-refractivity contribution in [3.63, 3.8) is 0 Å². The fourth-order valence-corrected chi connectivity index (χ4v) is 5.13. The van der Waals surface area contributed by atoms with Crippen molar-refractivity contribution < 1.29 is 23.4 Å². The van der Waals surface area contributed by atoms with Crippen molar-refractivity contribution in [3.05, 3.63) is 76.2 Å². The standard InChI is InChI=1S/C27H29F2NO3S/c1-26(2,25(31)32)33-22-9-6-18-12-14-30(15-13-20(18)16-22)17-23-10-11-24(34-23)19-4-7-21(8-5-19)27(3,28)29/h4-11,16H,12-15,17H2,1-3H3,(H,31,32). The van der Waals surface area contributed by atoms with Crippen LogP contribution in [0.25, 0.3) is 10.4 Å². The van der Waals surface area contributed by atoms with Gasteiger partial charge in [0.1, 0.15) is 5.75 Å². The van der Waals surface area contributed by atoms with Gasteiger partial charge in [0.15, 0.2) is 5.60 Å². The predicted octanol–water partition coefficient (Wildman–Crippen LogP) is 6.37. The summed E-state index contributed by atoms with van der Waals surface area (Å²) < 4.78 is 32.7. The Kier molecular flexibility index (Phi) is 6.78. The van der Waals surface area contributed by atoms with Gasteiger partial charge in [0, 0.05) is 41.9 Å². The number of rotatable bonds is 7. The maximum atomic E-state index is 13.5. The number of hydrogen-bond acceptors (Lipinski definition) is 4. The average molecular weight is 486 g/mol. The van der Waals surface area contributed by atoms with E-state index in [-0.39, 0.29) is 5.56 Å². The molecule has 180 valence electrons. The van der Waals surface area contributed by atoms with Gasteiger partial charge in [0.25, 0.3) is 5.92 Å². The molecule has 0 saturated carbocycles. The number of carboxylic acid groups (broad SMARTS) is 1. The summed E-state index contributed by atoms with van der Waals surface area (Å²) in [5.74, 6) is -3.25. The van der Waals surface area contributed by atoms with Crippen LogP contribution in [0, 0.1) is 0 Å². The molecule has 4 rings (SSSR count). The summed E-state index contributed by atoms with van der Waals surface area (Å²) in [4.78, 5) is 16.1. The highest BCUT2D eigenvalue weighted by Gasteiger charge is 2.29. The lowest BCUT2D eigenvalue weighted by molar-refractivity contribution is -0.152. The Morgan fingerprint density at radius 2 is 1.68 bits per heavy atom. The van der Waals surface area contributed by atoms with Crippen LogP contribution in [0.5, 0.6) is 5.75 Å². The van der Waals surface area contributed by atoms with Crippen molar-refractivity contribution in [2.75, 3.05) is 13.1 Å². The van der Waals surface area contributed by atoms with Crippen LogP contribution < -0.4 is 4.74 Å². The van der Waals surface area contributed by atoms with Gasteiger partial charge in [-0.25, -0.2) is 13.6 Å². The minimum atomic E-state index is -2.83. The lowest BCUT2D eigenvalue weighted by Crippen LogP contribution is -2.37. The number of nitrogens with zero attached hydrogens (tertiary/aromatic N) is 1. The van der Waals surface area contributed by atoms with Crippen molar-refractivity contribution >= 4 is 17.3 Å². The summed E-state index contributed by atoms with van der Waals surface area (Å²) in [5.41, 5.74) is 2.16. The van der Waals surface area contributed by atoms with Crippen molar-refractivity contribution in [1.82, 2.24) is 4.90 Å². The van der Waals surface area contributed by atoms with E-state index in [9.17, 15) is 18.7 Å². The number of thiophene rings is 1. The van der Waals surface area contributed by atoms with Gasteiger partial charge in [-0.1, -0.05) is 30.3 Å². The molecule has 0 aliphatic carbocycles. The number of benzene rings is 2. The van der Waals surface area contributed by atoms with Gasteiger partial charge in [-0.15, -0.1) is 11.3 Å². The molecule has 0 spiro atoms. The second kappa shape index (κ2) is 9.47. The number of hydrogen-bond donors (Lipinski definition) is 1. The Morgan fingerprint density at radius 1 is 1.00 bits per heavy atom. The topological polar surface area (TPSA) is 49.8 Å². The molecule has 3 aromatic rings. The second-order valence-corrected chi connectivity index (χ2v) is 10.5. The van der Waals surface area contributed by atoms with Crippen molar-refractivity contribution in [2.24, 2.45) is 0 Å². The van der Waals surface area contributed by atoms with Gasteiger partial charge in [-0.3, -0.25) is 4.90 Å². The summed E-state index contributed by atoms with van der Waals surface area (Å²) in [5, 5.41) is 9.32. The summed E-state index contributed by atoms with van der Waals surface area (Å²) in [7, 11) is 0. The van der Waals surface area contributed by atoms with E-state index in [0.717, 1.165) is 49.8 Å². The van der Waals surface area contributed by atoms with E-state index < -0.39 is 17.5 Å². The third kappa shape index (κ3) is 5.65. The first-order valence-electron chi connectivity index (χ1n) is 11.4. The number of halogens is 2. The zero-order chi connectivity index (χ0) is 24.5. The van der Waals surface area contributed by atoms with Crippen LogP contribution in [0.4, 0.5) is 8.78 Å². The Labute approximate surface area is 202 Å². The van der Waals surface area contributed by atoms with E-state index in [1.807, 2.05) is 18.2 Å². The highest BCUT2D eigenvalue weighted by molar-refractivity contribution is 7.15. The molecule has 4 nitrogen and oxygen atoms in total. The maximum absolute atomic E-state index is 13.5. The van der Waals surface area contributed by atoms with E-state index in [1.165, 1.54) is 28.1 Å². The summed E-state index contributed by atoms with van der Waals surface area (Å²) in [6, 6.07) is 16.5. The molecule has 0 radical (unpaired) electrons. The maximum Gasteiger partial charge on any atom is 0.347 e. The van der Waals surface area contributed by atoms with Gasteiger partial charge in [0.05, 0.1) is 0 Å². The van der Waals surface area contributed by atoms with E-state index in [0.29, 0.717) is 5.75 Å². The Hall–Kier alpha value is -2.77. The predicted molar refractivity (Wildman–Crippen MR) is 131 cm³/mol. The highest BCUT2D eigenvalue weighted by atomic mass is 32.1. The van der Waals surface area contributed by atoms with Crippen molar-refractivity contribution in [1.29, 1.82) is 0 Å². The fourth-order valence-electron chi connectivity index (χ4n) is 4.07. The lowest BCUT2D eigenvalue weighted by Gasteiger charge is -2.22. The Bertz CT molecular complexity index is 1170. The van der Waals surface area contributed by atoms with Gasteiger partial charge in [0.2, 0.25) is 0 Å². The zero-order valence-corrected chi connectivity index (χ0v) is 20.4. The molecule has 0 fully saturated rings. The first-order chi connectivity index (χ1) is 16.0. The van der Waals surface area contributed by atoms with Crippen LogP contribution in [-0.4, -0.2) is 34.7 Å². The number of carbonyl (C=O) groups is 1. The molecule has 1 aliphatic heterocycles. The normalized spacial score (nSPS) is 15.0. The molecule has 0 amide bonds. The summed E-state index contributed by atoms with van der Waals surface area (Å²) in [6.45, 7) is 6.67. The molecule has 1 aliphatic rings. The molecule has 0 unspecified atom stereocenters. The monoisotopic (exact) mass is 485 g/mol. The highest BCUT2D eigenvalue weighted by Crippen LogP contribution is 2.33. The van der Waals surface area contributed by atoms with Gasteiger partial charge in [-0.05, 0) is 67.6 Å². The molecule has 1 N–H and O–H groups in total. The SMILES string of the molecule is CC(C)(Oc1ccc2c(c1)CCN(Cc1ccc(-c3ccc(C(C)(F)F)cc3)s1)CC2)C(=O)O. The Balaban J connectivity index is 1.39. The van der Waals surface area contributed by atoms with E-state index in [4.69, 9.17) is 4.74 Å². The van der Waals surface area contributed by atoms with Gasteiger partial charge in [-0.2, -0.15) is 0 Å². The molecule has 34 heavy (non-hydrogen) atoms. The molecule has 0 saturated heterocycles. The fraction of sp³-hybridized carbons (Fsp3) is 0.370. The number of alkyl halides is 2. The molecule has 2 heterocycles. The van der Waals surface area contributed by atoms with Crippen LogP contribution in [0.2, 0.25) is 0 Å². The van der Waals surface area contributed by atoms with Crippen LogP contribution in [0.15, 0.2) is 54.6 Å². The van der Waals surface area contributed by atoms with E-state index in [2.05, 4.69) is 17.0 Å². The quantitative estimate of drug-likeness (QED) is 0.423. The van der Waals surface area contributed by atoms with Crippen molar-refractivity contribution in [3.8, 4) is 16.2 Å². The molecular formula is C27H29F2NO3S. The van der Waals surface area contributed by atoms with Crippen LogP contribution in [-0.2, 0) is 30.1 Å². The van der Waals surface area contributed by atoms with Gasteiger partial charge < -0.3 is 9.84 Å². The number of fused-ring (bicyclic) bond motifs is 1. The molecule has 2 aromatic carbocycles. The van der Waals surface area contributed by atoms with E-state index >= 15 is 0 Å². The summed E-state index contributed by atoms with van der Waals surface area (Å²) >= 11 is 1.69. The Morgan fingerprint density at radius 3 is 2.32 bits per heavy atom. The average Bonchev–Trinajstić information content (AvgIpc) is 3.15. The first-order valence-corrected chi connectivity index (χ1v) is 12.2. The van der Waals surface area contributed by atoms with Crippen LogP contribution >= 0.6 is 11.3 Å². The molecule has 1 aromatic heterocycles. The number of aliphatic carboxylic acids is 1. The second-order valence-electron chi connectivity index (χ2n) is 9.36. The number of carboxylic acids is 1. The zero-order valence-electron chi connectivity index (χ0n) is 19.6. The third-order valence-electron chi connectivity index (χ3n) is 6.18. The minimum Gasteiger partial charge on any atom is -0.478 e. The largest absolute Gasteiger partial charge is 0.478 e. The van der Waals surface area contributed by atoms with Crippen molar-refractivity contribution in [2.45, 2.75) is 51.7 Å². The van der Waals surface area contributed by atoms with E-state index in [1.54, 1.807) is 37.3 Å². The summed E-state index contributed by atoms with van der Waals surface area (Å²) in [6.07, 6.45) is 1.79. The van der Waals surface area contributed by atoms with Crippen LogP contribution in [0.3, 0.4) is 0 Å². The molecule has 0 atom stereocenters. The third-order valence-corrected chi connectivity index (χ3v) is 7.30. The molecule has 0 bridgehead atoms. The minimum absolute atomic E-state index is 0.0252. The lowest BCUT2D eigenvalue weighted by atomic mass is 10.0. The molecule has 7 heteroatoms. The van der Waals surface area contributed by atoms with Crippen LogP contribution in [0.1, 0.15) is 42.3 Å². The van der Waals surface area contributed by atoms with Gasteiger partial charge >= 0.3 is 5.97 Å². The smallest absolute Gasteiger partial charge is 0.347 e.